The zero-order valence-electron chi connectivity index (χ0n) is 21.9. The predicted octanol–water partition coefficient (Wildman–Crippen LogP) is 4.90. The number of hydrogen-bond donors (Lipinski definition) is 3. The fourth-order valence-electron chi connectivity index (χ4n) is 3.99. The van der Waals surface area contributed by atoms with E-state index in [1.807, 2.05) is 23.6 Å². The van der Waals surface area contributed by atoms with Crippen molar-refractivity contribution < 1.29 is 45.8 Å². The molecule has 220 valence electrons. The van der Waals surface area contributed by atoms with Gasteiger partial charge in [-0.25, -0.2) is 22.4 Å². The van der Waals surface area contributed by atoms with E-state index in [1.165, 1.54) is 24.3 Å². The third-order valence-corrected chi connectivity index (χ3v) is 7.71. The Morgan fingerprint density at radius 3 is 1.98 bits per heavy atom. The van der Waals surface area contributed by atoms with Crippen molar-refractivity contribution in [2.75, 3.05) is 40.7 Å². The second-order valence-electron chi connectivity index (χ2n) is 9.12. The molecule has 0 saturated carbocycles. The zero-order chi connectivity index (χ0) is 30.5. The Morgan fingerprint density at radius 2 is 1.44 bits per heavy atom. The van der Waals surface area contributed by atoms with Crippen molar-refractivity contribution in [3.05, 3.63) is 83.2 Å². The number of carboxylic acid groups (broad SMARTS) is 2. The van der Waals surface area contributed by atoms with Crippen molar-refractivity contribution in [3.63, 3.8) is 0 Å². The van der Waals surface area contributed by atoms with Gasteiger partial charge in [0.2, 0.25) is 0 Å². The highest BCUT2D eigenvalue weighted by molar-refractivity contribution is 7.92. The summed E-state index contributed by atoms with van der Waals surface area (Å²) in [5.74, 6) is -4.26. The van der Waals surface area contributed by atoms with Crippen LogP contribution in [0.3, 0.4) is 0 Å². The zero-order valence-corrected chi connectivity index (χ0v) is 22.8. The number of nitrogens with one attached hydrogen (secondary N) is 1. The van der Waals surface area contributed by atoms with Gasteiger partial charge < -0.3 is 20.0 Å². The summed E-state index contributed by atoms with van der Waals surface area (Å²) in [5, 5.41) is 16.9. The number of sulfonamides is 1. The van der Waals surface area contributed by atoms with Gasteiger partial charge >= 0.3 is 18.1 Å². The molecule has 1 saturated heterocycles. The predicted molar refractivity (Wildman–Crippen MR) is 145 cm³/mol. The summed E-state index contributed by atoms with van der Waals surface area (Å²) in [6.45, 7) is 5.99. The van der Waals surface area contributed by atoms with Crippen molar-refractivity contribution in [2.45, 2.75) is 24.9 Å². The number of aliphatic carboxylic acids is 1. The summed E-state index contributed by atoms with van der Waals surface area (Å²) in [6.07, 6.45) is -5.08. The number of aromatic carboxylic acids is 1. The maximum absolute atomic E-state index is 14.1. The van der Waals surface area contributed by atoms with E-state index in [0.717, 1.165) is 11.1 Å². The van der Waals surface area contributed by atoms with Gasteiger partial charge in [-0.15, -0.1) is 0 Å². The number of piperazine rings is 1. The van der Waals surface area contributed by atoms with E-state index >= 15 is 0 Å². The second kappa shape index (κ2) is 12.5. The number of anilines is 3. The van der Waals surface area contributed by atoms with Crippen molar-refractivity contribution in [1.29, 1.82) is 0 Å². The number of nitrogens with zero attached hydrogens (tertiary/aromatic N) is 2. The number of carbonyl (C=O) groups is 2. The average molecular weight is 598 g/mol. The molecule has 3 aromatic carbocycles. The lowest BCUT2D eigenvalue weighted by Gasteiger charge is -2.37. The first-order chi connectivity index (χ1) is 19.1. The molecule has 0 unspecified atom stereocenters. The molecule has 9 nitrogen and oxygen atoms in total. The summed E-state index contributed by atoms with van der Waals surface area (Å²) in [5.41, 5.74) is 2.86. The monoisotopic (exact) mass is 597 g/mol. The van der Waals surface area contributed by atoms with Gasteiger partial charge in [-0.3, -0.25) is 4.72 Å². The van der Waals surface area contributed by atoms with Crippen LogP contribution in [0.25, 0.3) is 0 Å². The quantitative estimate of drug-likeness (QED) is 0.343. The Morgan fingerprint density at radius 1 is 0.854 bits per heavy atom. The molecule has 0 aliphatic carbocycles. The van der Waals surface area contributed by atoms with Gasteiger partial charge in [0, 0.05) is 31.9 Å². The van der Waals surface area contributed by atoms with Crippen LogP contribution in [-0.2, 0) is 14.8 Å². The molecule has 0 spiro atoms. The van der Waals surface area contributed by atoms with Gasteiger partial charge in [0.05, 0.1) is 21.8 Å². The van der Waals surface area contributed by atoms with E-state index in [-0.39, 0.29) is 22.0 Å². The van der Waals surface area contributed by atoms with Crippen LogP contribution in [0.4, 0.5) is 34.6 Å². The molecule has 1 aliphatic rings. The lowest BCUT2D eigenvalue weighted by atomic mass is 10.1. The second-order valence-corrected chi connectivity index (χ2v) is 10.8. The fraction of sp³-hybridized carbons (Fsp3) is 0.259. The molecule has 3 N–H and O–H groups in total. The topological polar surface area (TPSA) is 127 Å². The molecule has 4 rings (SSSR count). The molecule has 0 bridgehead atoms. The number of benzene rings is 3. The van der Waals surface area contributed by atoms with Crippen LogP contribution in [-0.4, -0.2) is 62.9 Å². The third-order valence-electron chi connectivity index (χ3n) is 6.35. The lowest BCUT2D eigenvalue weighted by Crippen LogP contribution is -2.46. The van der Waals surface area contributed by atoms with Crippen LogP contribution in [0, 0.1) is 19.7 Å². The van der Waals surface area contributed by atoms with Gasteiger partial charge in [0.15, 0.2) is 0 Å². The number of carboxylic acids is 2. The molecule has 41 heavy (non-hydrogen) atoms. The molecule has 1 fully saturated rings. The number of alkyl halides is 3. The standard InChI is InChI=1S/C25H26FN3O4S.C2HF3O2/c1-17-7-9-20(15-18(17)2)34(32,33)27-23-10-8-19(16-21(23)25(30)31)28-11-13-29(14-12-28)24-6-4-3-5-22(24)26;3-2(4,5)1(6)7/h3-10,15-16,27H,11-14H2,1-2H3,(H,30,31);(H,6,7). The van der Waals surface area contributed by atoms with Crippen molar-refractivity contribution in [1.82, 2.24) is 0 Å². The maximum Gasteiger partial charge on any atom is 0.490 e. The largest absolute Gasteiger partial charge is 0.490 e. The number of hydrogen-bond acceptors (Lipinski definition) is 6. The van der Waals surface area contributed by atoms with Crippen LogP contribution in [0.15, 0.2) is 65.6 Å². The summed E-state index contributed by atoms with van der Waals surface area (Å²) >= 11 is 0. The highest BCUT2D eigenvalue weighted by Gasteiger charge is 2.38. The van der Waals surface area contributed by atoms with Crippen LogP contribution in [0.1, 0.15) is 21.5 Å². The summed E-state index contributed by atoms with van der Waals surface area (Å²) in [7, 11) is -3.96. The Labute approximate surface area is 233 Å². The van der Waals surface area contributed by atoms with Gasteiger partial charge in [0.1, 0.15) is 5.82 Å². The van der Waals surface area contributed by atoms with E-state index in [4.69, 9.17) is 9.90 Å². The van der Waals surface area contributed by atoms with Crippen LogP contribution in [0.2, 0.25) is 0 Å². The first-order valence-corrected chi connectivity index (χ1v) is 13.6. The molecular weight excluding hydrogens is 570 g/mol. The normalized spacial score (nSPS) is 13.7. The SMILES string of the molecule is Cc1ccc(S(=O)(=O)Nc2ccc(N3CCN(c4ccccc4F)CC3)cc2C(=O)O)cc1C.O=C(O)C(F)(F)F. The van der Waals surface area contributed by atoms with Crippen LogP contribution < -0.4 is 14.5 Å². The van der Waals surface area contributed by atoms with E-state index in [0.29, 0.717) is 37.6 Å². The minimum Gasteiger partial charge on any atom is -0.478 e. The van der Waals surface area contributed by atoms with Crippen LogP contribution >= 0.6 is 0 Å². The van der Waals surface area contributed by atoms with E-state index in [1.54, 1.807) is 36.4 Å². The number of aryl methyl sites for hydroxylation is 2. The molecule has 0 amide bonds. The highest BCUT2D eigenvalue weighted by Crippen LogP contribution is 2.28. The summed E-state index contributed by atoms with van der Waals surface area (Å²) < 4.78 is 74.0. The van der Waals surface area contributed by atoms with E-state index in [9.17, 15) is 35.9 Å². The molecule has 3 aromatic rings. The Bertz CT molecular complexity index is 1540. The van der Waals surface area contributed by atoms with Crippen molar-refractivity contribution >= 4 is 39.0 Å². The summed E-state index contributed by atoms with van der Waals surface area (Å²) in [4.78, 5) is 24.9. The molecule has 1 aliphatic heterocycles. The lowest BCUT2D eigenvalue weighted by molar-refractivity contribution is -0.192. The van der Waals surface area contributed by atoms with Gasteiger partial charge in [0.25, 0.3) is 10.0 Å². The molecule has 0 atom stereocenters. The van der Waals surface area contributed by atoms with Crippen molar-refractivity contribution in [3.8, 4) is 0 Å². The molecule has 0 aromatic heterocycles. The van der Waals surface area contributed by atoms with Gasteiger partial charge in [-0.2, -0.15) is 13.2 Å². The molecule has 0 radical (unpaired) electrons. The average Bonchev–Trinajstić information content (AvgIpc) is 2.90. The Balaban J connectivity index is 0.000000587. The van der Waals surface area contributed by atoms with Gasteiger partial charge in [-0.05, 0) is 67.4 Å². The first-order valence-electron chi connectivity index (χ1n) is 12.1. The maximum atomic E-state index is 14.1. The molecule has 1 heterocycles. The fourth-order valence-corrected chi connectivity index (χ4v) is 5.16. The number of halogens is 4. The first kappa shape index (κ1) is 31.2. The Hall–Kier alpha value is -4.33. The Kier molecular flexibility index (Phi) is 9.48. The molecule has 14 heteroatoms. The van der Waals surface area contributed by atoms with E-state index in [2.05, 4.69) is 4.72 Å². The smallest absolute Gasteiger partial charge is 0.478 e. The third kappa shape index (κ3) is 7.87. The summed E-state index contributed by atoms with van der Waals surface area (Å²) in [6, 6.07) is 16.0. The molecular formula is C27H27F4N3O6S. The van der Waals surface area contributed by atoms with E-state index < -0.39 is 28.1 Å². The number of rotatable bonds is 6. The highest BCUT2D eigenvalue weighted by atomic mass is 32.2. The minimum absolute atomic E-state index is 0.000490. The van der Waals surface area contributed by atoms with Gasteiger partial charge in [-0.1, -0.05) is 18.2 Å². The van der Waals surface area contributed by atoms with Crippen molar-refractivity contribution in [2.24, 2.45) is 0 Å². The number of para-hydroxylation sites is 1. The minimum atomic E-state index is -5.08. The van der Waals surface area contributed by atoms with Crippen LogP contribution in [0.5, 0.6) is 0 Å².